The molecule has 120 valence electrons. The first-order chi connectivity index (χ1) is 10.5. The maximum absolute atomic E-state index is 13.4. The van der Waals surface area contributed by atoms with Gasteiger partial charge >= 0.3 is 6.03 Å². The molecule has 3 amide bonds. The van der Waals surface area contributed by atoms with Crippen LogP contribution in [0.2, 0.25) is 0 Å². The van der Waals surface area contributed by atoms with Crippen molar-refractivity contribution in [2.24, 2.45) is 0 Å². The van der Waals surface area contributed by atoms with Crippen LogP contribution in [0.4, 0.5) is 13.6 Å². The average Bonchev–Trinajstić information content (AvgIpc) is 2.49. The summed E-state index contributed by atoms with van der Waals surface area (Å²) < 4.78 is 26.4. The van der Waals surface area contributed by atoms with Crippen LogP contribution in [0.3, 0.4) is 0 Å². The molecular formula is C15H18F2N2O2S. The SMILES string of the molecule is O=C(CSc1cc(F)ccc1F)NC(=O)NC1CCCCC1. The van der Waals surface area contributed by atoms with Gasteiger partial charge in [-0.3, -0.25) is 10.1 Å². The van der Waals surface area contributed by atoms with E-state index in [-0.39, 0.29) is 16.7 Å². The molecule has 4 nitrogen and oxygen atoms in total. The van der Waals surface area contributed by atoms with Gasteiger partial charge in [0.2, 0.25) is 5.91 Å². The second-order valence-electron chi connectivity index (χ2n) is 5.22. The molecule has 0 saturated heterocycles. The lowest BCUT2D eigenvalue weighted by atomic mass is 9.96. The summed E-state index contributed by atoms with van der Waals surface area (Å²) in [4.78, 5) is 23.4. The highest BCUT2D eigenvalue weighted by Crippen LogP contribution is 2.22. The number of nitrogens with one attached hydrogen (secondary N) is 2. The molecule has 0 spiro atoms. The Bertz CT molecular complexity index is 548. The number of hydrogen-bond donors (Lipinski definition) is 2. The van der Waals surface area contributed by atoms with E-state index >= 15 is 0 Å². The number of hydrogen-bond acceptors (Lipinski definition) is 3. The largest absolute Gasteiger partial charge is 0.335 e. The van der Waals surface area contributed by atoms with Crippen LogP contribution >= 0.6 is 11.8 Å². The molecule has 1 fully saturated rings. The average molecular weight is 328 g/mol. The molecule has 7 heteroatoms. The van der Waals surface area contributed by atoms with Crippen molar-refractivity contribution in [1.82, 2.24) is 10.6 Å². The highest BCUT2D eigenvalue weighted by Gasteiger charge is 2.17. The van der Waals surface area contributed by atoms with Gasteiger partial charge in [-0.05, 0) is 31.0 Å². The number of carbonyl (C=O) groups is 2. The summed E-state index contributed by atoms with van der Waals surface area (Å²) in [6, 6.07) is 2.62. The summed E-state index contributed by atoms with van der Waals surface area (Å²) in [6.07, 6.45) is 5.17. The topological polar surface area (TPSA) is 58.2 Å². The zero-order valence-corrected chi connectivity index (χ0v) is 12.8. The fraction of sp³-hybridized carbons (Fsp3) is 0.467. The monoisotopic (exact) mass is 328 g/mol. The summed E-state index contributed by atoms with van der Waals surface area (Å²) in [5.74, 6) is -1.86. The predicted octanol–water partition coefficient (Wildman–Crippen LogP) is 3.22. The molecule has 1 saturated carbocycles. The molecule has 2 rings (SSSR count). The zero-order valence-electron chi connectivity index (χ0n) is 12.0. The summed E-state index contributed by atoms with van der Waals surface area (Å²) in [5.41, 5.74) is 0. The quantitative estimate of drug-likeness (QED) is 0.835. The van der Waals surface area contributed by atoms with E-state index in [0.717, 1.165) is 55.6 Å². The first-order valence-electron chi connectivity index (χ1n) is 7.23. The standard InChI is InChI=1S/C15H18F2N2O2S/c16-10-6-7-12(17)13(8-10)22-9-14(20)19-15(21)18-11-4-2-1-3-5-11/h6-8,11H,1-5,9H2,(H2,18,19,20,21). The van der Waals surface area contributed by atoms with Gasteiger partial charge < -0.3 is 5.32 Å². The minimum Gasteiger partial charge on any atom is -0.335 e. The Balaban J connectivity index is 1.75. The van der Waals surface area contributed by atoms with Gasteiger partial charge in [0, 0.05) is 10.9 Å². The van der Waals surface area contributed by atoms with Crippen molar-refractivity contribution in [3.63, 3.8) is 0 Å². The predicted molar refractivity (Wildman–Crippen MR) is 80.6 cm³/mol. The molecular weight excluding hydrogens is 310 g/mol. The summed E-state index contributed by atoms with van der Waals surface area (Å²) in [7, 11) is 0. The van der Waals surface area contributed by atoms with Gasteiger partial charge in [-0.15, -0.1) is 11.8 Å². The van der Waals surface area contributed by atoms with Crippen LogP contribution in [0.1, 0.15) is 32.1 Å². The number of benzene rings is 1. The molecule has 0 unspecified atom stereocenters. The lowest BCUT2D eigenvalue weighted by molar-refractivity contribution is -0.117. The van der Waals surface area contributed by atoms with Crippen molar-refractivity contribution in [2.75, 3.05) is 5.75 Å². The Morgan fingerprint density at radius 3 is 2.64 bits per heavy atom. The second-order valence-corrected chi connectivity index (χ2v) is 6.24. The molecule has 22 heavy (non-hydrogen) atoms. The lowest BCUT2D eigenvalue weighted by Gasteiger charge is -2.22. The van der Waals surface area contributed by atoms with Crippen LogP contribution in [0, 0.1) is 11.6 Å². The van der Waals surface area contributed by atoms with Crippen LogP contribution in [0.15, 0.2) is 23.1 Å². The van der Waals surface area contributed by atoms with Crippen LogP contribution in [-0.2, 0) is 4.79 Å². The molecule has 1 aromatic rings. The third-order valence-corrected chi connectivity index (χ3v) is 4.48. The molecule has 0 aromatic heterocycles. The molecule has 0 aliphatic heterocycles. The zero-order chi connectivity index (χ0) is 15.9. The van der Waals surface area contributed by atoms with Gasteiger partial charge in [-0.25, -0.2) is 13.6 Å². The Kier molecular flexibility index (Phi) is 6.18. The van der Waals surface area contributed by atoms with Gasteiger partial charge in [-0.2, -0.15) is 0 Å². The molecule has 1 aliphatic rings. The summed E-state index contributed by atoms with van der Waals surface area (Å²) in [5, 5.41) is 4.96. The van der Waals surface area contributed by atoms with Gasteiger partial charge in [0.05, 0.1) is 5.75 Å². The molecule has 0 atom stereocenters. The third kappa shape index (κ3) is 5.29. The molecule has 0 bridgehead atoms. The van der Waals surface area contributed by atoms with E-state index in [1.54, 1.807) is 0 Å². The van der Waals surface area contributed by atoms with Crippen molar-refractivity contribution in [3.05, 3.63) is 29.8 Å². The number of amides is 3. The minimum absolute atomic E-state index is 0.0443. The van der Waals surface area contributed by atoms with Crippen LogP contribution in [-0.4, -0.2) is 23.7 Å². The van der Waals surface area contributed by atoms with Crippen LogP contribution < -0.4 is 10.6 Å². The molecule has 2 N–H and O–H groups in total. The normalized spacial score (nSPS) is 15.4. The fourth-order valence-electron chi connectivity index (χ4n) is 2.36. The van der Waals surface area contributed by atoms with E-state index in [0.29, 0.717) is 0 Å². The van der Waals surface area contributed by atoms with E-state index in [9.17, 15) is 18.4 Å². The van der Waals surface area contributed by atoms with Crippen molar-refractivity contribution >= 4 is 23.7 Å². The van der Waals surface area contributed by atoms with Gasteiger partial charge in [0.25, 0.3) is 0 Å². The summed E-state index contributed by atoms with van der Waals surface area (Å²) in [6.45, 7) is 0. The highest BCUT2D eigenvalue weighted by molar-refractivity contribution is 8.00. The van der Waals surface area contributed by atoms with E-state index in [2.05, 4.69) is 10.6 Å². The first-order valence-corrected chi connectivity index (χ1v) is 8.21. The second kappa shape index (κ2) is 8.12. The third-order valence-electron chi connectivity index (χ3n) is 3.45. The number of rotatable bonds is 4. The van der Waals surface area contributed by atoms with Crippen molar-refractivity contribution in [3.8, 4) is 0 Å². The fourth-order valence-corrected chi connectivity index (χ4v) is 3.12. The van der Waals surface area contributed by atoms with Crippen molar-refractivity contribution in [2.45, 2.75) is 43.0 Å². The van der Waals surface area contributed by atoms with Gasteiger partial charge in [0.15, 0.2) is 0 Å². The van der Waals surface area contributed by atoms with E-state index < -0.39 is 23.6 Å². The number of carbonyl (C=O) groups excluding carboxylic acids is 2. The molecule has 1 aromatic carbocycles. The molecule has 1 aliphatic carbocycles. The van der Waals surface area contributed by atoms with Gasteiger partial charge in [0.1, 0.15) is 11.6 Å². The van der Waals surface area contributed by atoms with Crippen LogP contribution in [0.5, 0.6) is 0 Å². The minimum atomic E-state index is -0.592. The van der Waals surface area contributed by atoms with Crippen molar-refractivity contribution in [1.29, 1.82) is 0 Å². The van der Waals surface area contributed by atoms with Crippen molar-refractivity contribution < 1.29 is 18.4 Å². The molecule has 0 heterocycles. The smallest absolute Gasteiger partial charge is 0.321 e. The summed E-state index contributed by atoms with van der Waals surface area (Å²) >= 11 is 0.850. The number of thioether (sulfide) groups is 1. The van der Waals surface area contributed by atoms with E-state index in [1.165, 1.54) is 6.42 Å². The maximum Gasteiger partial charge on any atom is 0.321 e. The number of halogens is 2. The Hall–Kier alpha value is -1.63. The van der Waals surface area contributed by atoms with E-state index in [4.69, 9.17) is 0 Å². The lowest BCUT2D eigenvalue weighted by Crippen LogP contribution is -2.45. The highest BCUT2D eigenvalue weighted by atomic mass is 32.2. The maximum atomic E-state index is 13.4. The molecule has 0 radical (unpaired) electrons. The van der Waals surface area contributed by atoms with E-state index in [1.807, 2.05) is 0 Å². The Morgan fingerprint density at radius 1 is 1.18 bits per heavy atom. The first kappa shape index (κ1) is 16.7. The number of urea groups is 1. The van der Waals surface area contributed by atoms with Crippen LogP contribution in [0.25, 0.3) is 0 Å². The number of imide groups is 1. The van der Waals surface area contributed by atoms with Gasteiger partial charge in [-0.1, -0.05) is 19.3 Å². The Morgan fingerprint density at radius 2 is 1.91 bits per heavy atom. The Labute approximate surface area is 132 Å².